The van der Waals surface area contributed by atoms with Crippen molar-refractivity contribution in [2.45, 2.75) is 43.4 Å². The molecule has 3 atom stereocenters. The maximum Gasteiger partial charge on any atom is 0.416 e. The smallest absolute Gasteiger partial charge is 0.380 e. The molecule has 2 aromatic rings. The van der Waals surface area contributed by atoms with Gasteiger partial charge in [-0.2, -0.15) is 13.2 Å². The predicted molar refractivity (Wildman–Crippen MR) is 119 cm³/mol. The molecule has 1 aromatic heterocycles. The number of likely N-dealkylation sites (N-methyl/N-ethyl adjacent to an activating group) is 1. The van der Waals surface area contributed by atoms with Crippen molar-refractivity contribution in [2.24, 2.45) is 0 Å². The van der Waals surface area contributed by atoms with Crippen molar-refractivity contribution in [1.82, 2.24) is 20.2 Å². The second-order valence-corrected chi connectivity index (χ2v) is 8.62. The number of hydrogen-bond acceptors (Lipinski definition) is 5. The molecule has 5 nitrogen and oxygen atoms in total. The molecule has 1 aliphatic carbocycles. The number of alkyl halides is 3. The summed E-state index contributed by atoms with van der Waals surface area (Å²) in [4.78, 5) is 12.5. The van der Waals surface area contributed by atoms with Crippen LogP contribution in [0.5, 0.6) is 0 Å². The van der Waals surface area contributed by atoms with Gasteiger partial charge in [-0.15, -0.1) is 0 Å². The number of nitrogens with one attached hydrogen (secondary N) is 1. The summed E-state index contributed by atoms with van der Waals surface area (Å²) >= 11 is 0. The summed E-state index contributed by atoms with van der Waals surface area (Å²) in [5, 5.41) is 3.66. The molecule has 2 heterocycles. The van der Waals surface area contributed by atoms with Crippen LogP contribution in [0.15, 0.2) is 66.9 Å². The third-order valence-electron chi connectivity index (χ3n) is 6.27. The molecule has 1 aliphatic heterocycles. The van der Waals surface area contributed by atoms with Crippen LogP contribution in [0, 0.1) is 0 Å². The second-order valence-electron chi connectivity index (χ2n) is 8.62. The van der Waals surface area contributed by atoms with Crippen molar-refractivity contribution in [3.63, 3.8) is 0 Å². The Morgan fingerprint density at radius 1 is 1.16 bits per heavy atom. The number of rotatable bonds is 5. The third-order valence-corrected chi connectivity index (χ3v) is 6.27. The maximum absolute atomic E-state index is 13.2. The Bertz CT molecular complexity index is 971. The molecule has 0 unspecified atom stereocenters. The summed E-state index contributed by atoms with van der Waals surface area (Å²) in [5.74, 6) is 0.942. The van der Waals surface area contributed by atoms with Gasteiger partial charge in [0, 0.05) is 31.0 Å². The van der Waals surface area contributed by atoms with Crippen LogP contribution in [-0.4, -0.2) is 47.6 Å². The van der Waals surface area contributed by atoms with Gasteiger partial charge < -0.3 is 15.1 Å². The minimum atomic E-state index is -4.31. The lowest BCUT2D eigenvalue weighted by atomic mass is 9.78. The summed E-state index contributed by atoms with van der Waals surface area (Å²) in [6.45, 7) is 0.738. The molecular weight excluding hydrogens is 415 g/mol. The fourth-order valence-corrected chi connectivity index (χ4v) is 4.63. The molecule has 1 fully saturated rings. The van der Waals surface area contributed by atoms with Gasteiger partial charge in [-0.3, -0.25) is 0 Å². The first-order valence-electron chi connectivity index (χ1n) is 10.8. The highest BCUT2D eigenvalue weighted by atomic mass is 19.4. The van der Waals surface area contributed by atoms with E-state index in [4.69, 9.17) is 0 Å². The third kappa shape index (κ3) is 5.12. The van der Waals surface area contributed by atoms with Crippen molar-refractivity contribution in [1.29, 1.82) is 0 Å². The highest BCUT2D eigenvalue weighted by molar-refractivity contribution is 5.46. The van der Waals surface area contributed by atoms with Crippen molar-refractivity contribution in [3.05, 3.63) is 78.0 Å². The largest absolute Gasteiger partial charge is 0.416 e. The highest BCUT2D eigenvalue weighted by Crippen LogP contribution is 2.38. The van der Waals surface area contributed by atoms with E-state index in [9.17, 15) is 13.2 Å². The number of nitrogens with zero attached hydrogens (tertiary/aromatic N) is 4. The number of allylic oxidation sites excluding steroid dienone is 1. The number of benzene rings is 1. The van der Waals surface area contributed by atoms with E-state index >= 15 is 0 Å². The Kier molecular flexibility index (Phi) is 6.50. The molecule has 4 rings (SSSR count). The van der Waals surface area contributed by atoms with Crippen molar-refractivity contribution < 1.29 is 13.2 Å². The molecule has 0 amide bonds. The lowest BCUT2D eigenvalue weighted by molar-refractivity contribution is -0.137. The van der Waals surface area contributed by atoms with E-state index in [1.807, 2.05) is 32.4 Å². The monoisotopic (exact) mass is 443 g/mol. The Labute approximate surface area is 186 Å². The van der Waals surface area contributed by atoms with Crippen LogP contribution in [0.25, 0.3) is 0 Å². The Hall–Kier alpha value is -2.87. The molecule has 0 bridgehead atoms. The van der Waals surface area contributed by atoms with Crippen molar-refractivity contribution >= 4 is 5.82 Å². The summed E-state index contributed by atoms with van der Waals surface area (Å²) < 4.78 is 39.5. The van der Waals surface area contributed by atoms with Gasteiger partial charge in [0.15, 0.2) is 0 Å². The standard InChI is InChI=1S/C24H28F3N5/c1-31(2)22-14-18(17-5-3-6-19(13-17)24(25,26)27)8-9-21(22)30-20-7-4-12-32(15-20)23-10-11-28-16-29-23/h3-7,10-11,13,15-16,18,21-22,30H,8-9,12,14H2,1-2H3/t18-,21-,22-/m0/s1. The molecule has 32 heavy (non-hydrogen) atoms. The predicted octanol–water partition coefficient (Wildman–Crippen LogP) is 4.57. The van der Waals surface area contributed by atoms with Gasteiger partial charge in [0.05, 0.1) is 11.3 Å². The molecule has 2 aliphatic rings. The van der Waals surface area contributed by atoms with Crippen molar-refractivity contribution in [2.75, 3.05) is 25.5 Å². The maximum atomic E-state index is 13.2. The fourth-order valence-electron chi connectivity index (χ4n) is 4.63. The van der Waals surface area contributed by atoms with Crippen LogP contribution in [-0.2, 0) is 6.18 Å². The van der Waals surface area contributed by atoms with E-state index in [1.165, 1.54) is 18.5 Å². The van der Waals surface area contributed by atoms with Crippen LogP contribution in [0.2, 0.25) is 0 Å². The number of hydrogen-bond donors (Lipinski definition) is 1. The van der Waals surface area contributed by atoms with Crippen LogP contribution in [0.3, 0.4) is 0 Å². The fraction of sp³-hybridized carbons (Fsp3) is 0.417. The zero-order chi connectivity index (χ0) is 22.7. The molecule has 1 N–H and O–H groups in total. The molecule has 0 saturated heterocycles. The second kappa shape index (κ2) is 9.32. The lowest BCUT2D eigenvalue weighted by Crippen LogP contribution is -2.50. The highest BCUT2D eigenvalue weighted by Gasteiger charge is 2.35. The number of anilines is 1. The Balaban J connectivity index is 1.47. The molecule has 1 aromatic carbocycles. The molecular formula is C24H28F3N5. The zero-order valence-electron chi connectivity index (χ0n) is 18.3. The minimum absolute atomic E-state index is 0.108. The van der Waals surface area contributed by atoms with Gasteiger partial charge >= 0.3 is 6.18 Å². The molecule has 0 spiro atoms. The van der Waals surface area contributed by atoms with Gasteiger partial charge in [-0.1, -0.05) is 24.3 Å². The normalized spacial score (nSPS) is 23.9. The van der Waals surface area contributed by atoms with Crippen molar-refractivity contribution in [3.8, 4) is 0 Å². The van der Waals surface area contributed by atoms with Gasteiger partial charge in [-0.05, 0) is 63.0 Å². The number of halogens is 3. The summed E-state index contributed by atoms with van der Waals surface area (Å²) in [6.07, 6.45) is 7.67. The van der Waals surface area contributed by atoms with Crippen LogP contribution < -0.4 is 10.2 Å². The molecule has 1 saturated carbocycles. The zero-order valence-corrected chi connectivity index (χ0v) is 18.3. The van der Waals surface area contributed by atoms with Crippen LogP contribution in [0.4, 0.5) is 19.0 Å². The topological polar surface area (TPSA) is 44.3 Å². The molecule has 170 valence electrons. The van der Waals surface area contributed by atoms with Crippen LogP contribution in [0.1, 0.15) is 36.3 Å². The van der Waals surface area contributed by atoms with E-state index in [0.29, 0.717) is 0 Å². The van der Waals surface area contributed by atoms with Gasteiger partial charge in [0.25, 0.3) is 0 Å². The SMILES string of the molecule is CN(C)[C@H]1C[C@@H](c2cccc(C(F)(F)F)c2)CC[C@@H]1NC1=CN(c2ccncn2)CC=C1. The lowest BCUT2D eigenvalue weighted by Gasteiger charge is -2.41. The summed E-state index contributed by atoms with van der Waals surface area (Å²) in [5.41, 5.74) is 1.21. The first-order valence-corrected chi connectivity index (χ1v) is 10.8. The van der Waals surface area contributed by atoms with Gasteiger partial charge in [0.1, 0.15) is 12.1 Å². The van der Waals surface area contributed by atoms with Gasteiger partial charge in [0.2, 0.25) is 0 Å². The van der Waals surface area contributed by atoms with E-state index in [2.05, 4.69) is 37.2 Å². The number of aromatic nitrogens is 2. The Morgan fingerprint density at radius 2 is 2.00 bits per heavy atom. The molecule has 0 radical (unpaired) electrons. The summed E-state index contributed by atoms with van der Waals surface area (Å²) in [7, 11) is 4.07. The summed E-state index contributed by atoms with van der Waals surface area (Å²) in [6, 6.07) is 8.08. The first-order chi connectivity index (χ1) is 15.3. The van der Waals surface area contributed by atoms with E-state index in [0.717, 1.165) is 49.0 Å². The Morgan fingerprint density at radius 3 is 2.72 bits per heavy atom. The van der Waals surface area contributed by atoms with E-state index in [-0.39, 0.29) is 18.0 Å². The molecule has 8 heteroatoms. The minimum Gasteiger partial charge on any atom is -0.380 e. The average Bonchev–Trinajstić information content (AvgIpc) is 2.79. The van der Waals surface area contributed by atoms with Gasteiger partial charge in [-0.25, -0.2) is 9.97 Å². The van der Waals surface area contributed by atoms with E-state index in [1.54, 1.807) is 6.20 Å². The first kappa shape index (κ1) is 22.3. The quantitative estimate of drug-likeness (QED) is 0.734. The average molecular weight is 444 g/mol. The van der Waals surface area contributed by atoms with E-state index < -0.39 is 11.7 Å². The van der Waals surface area contributed by atoms with Crippen LogP contribution >= 0.6 is 0 Å².